The lowest BCUT2D eigenvalue weighted by Gasteiger charge is -2.08. The summed E-state index contributed by atoms with van der Waals surface area (Å²) >= 11 is 0. The van der Waals surface area contributed by atoms with Crippen molar-refractivity contribution in [2.75, 3.05) is 6.54 Å². The molecule has 0 unspecified atom stereocenters. The van der Waals surface area contributed by atoms with Gasteiger partial charge in [-0.25, -0.2) is 0 Å². The van der Waals surface area contributed by atoms with Crippen molar-refractivity contribution in [1.29, 1.82) is 0 Å². The van der Waals surface area contributed by atoms with E-state index in [1.54, 1.807) is 6.07 Å². The van der Waals surface area contributed by atoms with Crippen molar-refractivity contribution in [3.8, 4) is 11.1 Å². The van der Waals surface area contributed by atoms with E-state index < -0.39 is 5.91 Å². The van der Waals surface area contributed by atoms with Crippen molar-refractivity contribution in [3.05, 3.63) is 107 Å². The van der Waals surface area contributed by atoms with Gasteiger partial charge in [-0.2, -0.15) is 0 Å². The Morgan fingerprint density at radius 3 is 2.45 bits per heavy atom. The van der Waals surface area contributed by atoms with Gasteiger partial charge in [0.1, 0.15) is 0 Å². The van der Waals surface area contributed by atoms with Crippen LogP contribution in [0.3, 0.4) is 0 Å². The van der Waals surface area contributed by atoms with Gasteiger partial charge in [0.25, 0.3) is 0 Å². The molecule has 0 aliphatic heterocycles. The number of hydrogen-bond donors (Lipinski definition) is 3. The molecule has 1 amide bonds. The summed E-state index contributed by atoms with van der Waals surface area (Å²) in [4.78, 5) is 15.2. The second-order valence-corrected chi connectivity index (χ2v) is 8.15. The molecule has 1 aromatic heterocycles. The highest BCUT2D eigenvalue weighted by Crippen LogP contribution is 2.33. The first kappa shape index (κ1) is 22.6. The third-order valence-electron chi connectivity index (χ3n) is 6.08. The molecule has 5 aromatic rings. The second kappa shape index (κ2) is 9.49. The van der Waals surface area contributed by atoms with Crippen LogP contribution in [0, 0.1) is 0 Å². The van der Waals surface area contributed by atoms with Crippen LogP contribution in [0.4, 0.5) is 0 Å². The zero-order valence-corrected chi connectivity index (χ0v) is 19.0. The van der Waals surface area contributed by atoms with Crippen molar-refractivity contribution in [3.63, 3.8) is 0 Å². The molecule has 33 heavy (non-hydrogen) atoms. The number of halogens is 1. The number of aromatic nitrogens is 1. The van der Waals surface area contributed by atoms with Crippen molar-refractivity contribution in [2.45, 2.75) is 12.8 Å². The largest absolute Gasteiger partial charge is 0.366 e. The molecule has 0 atom stereocenters. The number of carbonyl (C=O) groups excluding carboxylic acids is 1. The molecular weight excluding hydrogens is 430 g/mol. The fraction of sp³-hybridized carbons (Fsp3) is 0.107. The highest BCUT2D eigenvalue weighted by Gasteiger charge is 2.14. The molecule has 0 aliphatic carbocycles. The van der Waals surface area contributed by atoms with Crippen LogP contribution in [0.5, 0.6) is 0 Å². The summed E-state index contributed by atoms with van der Waals surface area (Å²) in [6, 6.07) is 29.0. The minimum absolute atomic E-state index is 0. The SMILES string of the molecule is Cl.NCCc1c(Cc2cccc(C(N)=O)c2)[nH]c2ccc(-c3cccc4ccccc34)cc12. The molecule has 0 bridgehead atoms. The van der Waals surface area contributed by atoms with Crippen LogP contribution in [0.2, 0.25) is 0 Å². The fourth-order valence-corrected chi connectivity index (χ4v) is 4.57. The van der Waals surface area contributed by atoms with E-state index in [-0.39, 0.29) is 12.4 Å². The molecule has 5 rings (SSSR count). The quantitative estimate of drug-likeness (QED) is 0.311. The molecule has 0 fully saturated rings. The van der Waals surface area contributed by atoms with Gasteiger partial charge >= 0.3 is 0 Å². The number of fused-ring (bicyclic) bond motifs is 2. The Hall–Kier alpha value is -3.60. The minimum atomic E-state index is -0.412. The van der Waals surface area contributed by atoms with Gasteiger partial charge in [0, 0.05) is 28.6 Å². The van der Waals surface area contributed by atoms with E-state index in [1.807, 2.05) is 18.2 Å². The summed E-state index contributed by atoms with van der Waals surface area (Å²) in [5.74, 6) is -0.412. The highest BCUT2D eigenvalue weighted by molar-refractivity contribution is 5.99. The van der Waals surface area contributed by atoms with E-state index in [0.29, 0.717) is 18.5 Å². The van der Waals surface area contributed by atoms with Crippen LogP contribution in [-0.4, -0.2) is 17.4 Å². The maximum atomic E-state index is 11.6. The lowest BCUT2D eigenvalue weighted by Crippen LogP contribution is -2.11. The number of primary amides is 1. The molecule has 5 N–H and O–H groups in total. The molecule has 5 heteroatoms. The number of rotatable bonds is 6. The van der Waals surface area contributed by atoms with Crippen LogP contribution < -0.4 is 11.5 Å². The maximum Gasteiger partial charge on any atom is 0.248 e. The van der Waals surface area contributed by atoms with Crippen LogP contribution in [0.25, 0.3) is 32.8 Å². The standard InChI is InChI=1S/C28H25N3O.ClH/c29-14-13-24-25-17-20(23-10-4-7-19-6-1-2-9-22(19)23)11-12-26(25)31-27(24)16-18-5-3-8-21(15-18)28(30)32;/h1-12,15,17,31H,13-14,16,29H2,(H2,30,32);1H. The van der Waals surface area contributed by atoms with Crippen LogP contribution in [0.1, 0.15) is 27.2 Å². The first-order valence-electron chi connectivity index (χ1n) is 10.8. The van der Waals surface area contributed by atoms with E-state index in [4.69, 9.17) is 11.5 Å². The average Bonchev–Trinajstić information content (AvgIpc) is 3.15. The van der Waals surface area contributed by atoms with Gasteiger partial charge in [0.2, 0.25) is 5.91 Å². The Morgan fingerprint density at radius 2 is 1.64 bits per heavy atom. The number of nitrogens with one attached hydrogen (secondary N) is 1. The third-order valence-corrected chi connectivity index (χ3v) is 6.08. The summed E-state index contributed by atoms with van der Waals surface area (Å²) in [5.41, 5.74) is 18.9. The number of carbonyl (C=O) groups is 1. The van der Waals surface area contributed by atoms with Gasteiger partial charge in [0.15, 0.2) is 0 Å². The number of hydrogen-bond acceptors (Lipinski definition) is 2. The molecule has 0 radical (unpaired) electrons. The van der Waals surface area contributed by atoms with Crippen LogP contribution >= 0.6 is 12.4 Å². The van der Waals surface area contributed by atoms with Gasteiger partial charge in [-0.3, -0.25) is 4.79 Å². The van der Waals surface area contributed by atoms with Crippen LogP contribution in [0.15, 0.2) is 84.9 Å². The average molecular weight is 456 g/mol. The molecule has 0 saturated heterocycles. The van der Waals surface area contributed by atoms with Crippen molar-refractivity contribution in [2.24, 2.45) is 11.5 Å². The van der Waals surface area contributed by atoms with Gasteiger partial charge in [-0.15, -0.1) is 12.4 Å². The monoisotopic (exact) mass is 455 g/mol. The summed E-state index contributed by atoms with van der Waals surface area (Å²) in [7, 11) is 0. The van der Waals surface area contributed by atoms with Gasteiger partial charge in [0.05, 0.1) is 0 Å². The number of benzene rings is 4. The smallest absolute Gasteiger partial charge is 0.248 e. The normalized spacial score (nSPS) is 10.9. The Morgan fingerprint density at radius 1 is 0.848 bits per heavy atom. The molecule has 0 spiro atoms. The van der Waals surface area contributed by atoms with E-state index in [0.717, 1.165) is 23.2 Å². The Balaban J connectivity index is 0.00000259. The van der Waals surface area contributed by atoms with Crippen molar-refractivity contribution in [1.82, 2.24) is 4.98 Å². The van der Waals surface area contributed by atoms with E-state index in [2.05, 4.69) is 65.6 Å². The van der Waals surface area contributed by atoms with E-state index in [9.17, 15) is 4.79 Å². The van der Waals surface area contributed by atoms with Crippen molar-refractivity contribution >= 4 is 40.0 Å². The molecule has 4 aromatic carbocycles. The zero-order chi connectivity index (χ0) is 22.1. The fourth-order valence-electron chi connectivity index (χ4n) is 4.57. The van der Waals surface area contributed by atoms with E-state index in [1.165, 1.54) is 32.8 Å². The molecule has 4 nitrogen and oxygen atoms in total. The first-order valence-corrected chi connectivity index (χ1v) is 10.8. The summed E-state index contributed by atoms with van der Waals surface area (Å²) in [6.07, 6.45) is 1.47. The summed E-state index contributed by atoms with van der Waals surface area (Å²) in [6.45, 7) is 0.569. The molecule has 1 heterocycles. The molecule has 166 valence electrons. The van der Waals surface area contributed by atoms with Gasteiger partial charge in [-0.05, 0) is 70.3 Å². The number of nitrogens with two attached hydrogens (primary N) is 2. The third kappa shape index (κ3) is 4.36. The first-order chi connectivity index (χ1) is 15.6. The predicted octanol–water partition coefficient (Wildman–Crippen LogP) is 5.60. The van der Waals surface area contributed by atoms with Gasteiger partial charge < -0.3 is 16.5 Å². The molecular formula is C28H26ClN3O. The topological polar surface area (TPSA) is 84.9 Å². The number of aromatic amines is 1. The molecule has 0 saturated carbocycles. The summed E-state index contributed by atoms with van der Waals surface area (Å²) < 4.78 is 0. The predicted molar refractivity (Wildman–Crippen MR) is 139 cm³/mol. The van der Waals surface area contributed by atoms with E-state index >= 15 is 0 Å². The second-order valence-electron chi connectivity index (χ2n) is 8.15. The zero-order valence-electron chi connectivity index (χ0n) is 18.2. The lowest BCUT2D eigenvalue weighted by molar-refractivity contribution is 0.1000. The Bertz CT molecular complexity index is 1450. The van der Waals surface area contributed by atoms with Gasteiger partial charge in [-0.1, -0.05) is 60.7 Å². The minimum Gasteiger partial charge on any atom is -0.366 e. The van der Waals surface area contributed by atoms with Crippen molar-refractivity contribution < 1.29 is 4.79 Å². The maximum absolute atomic E-state index is 11.6. The number of H-pyrrole nitrogens is 1. The summed E-state index contributed by atoms with van der Waals surface area (Å²) in [5, 5.41) is 3.67. The van der Waals surface area contributed by atoms with Crippen LogP contribution in [-0.2, 0) is 12.8 Å². The molecule has 0 aliphatic rings. The lowest BCUT2D eigenvalue weighted by atomic mass is 9.95. The Labute approximate surface area is 199 Å². The highest BCUT2D eigenvalue weighted by atomic mass is 35.5. The number of amides is 1. The Kier molecular flexibility index (Phi) is 6.50.